The summed E-state index contributed by atoms with van der Waals surface area (Å²) in [6, 6.07) is 23.7. The van der Waals surface area contributed by atoms with E-state index in [1.165, 1.54) is 0 Å². The van der Waals surface area contributed by atoms with Crippen LogP contribution in [-0.2, 0) is 22.7 Å². The second-order valence-electron chi connectivity index (χ2n) is 9.38. The van der Waals surface area contributed by atoms with Crippen LogP contribution in [0.2, 0.25) is 0 Å². The van der Waals surface area contributed by atoms with E-state index in [1.54, 1.807) is 6.20 Å². The molecule has 5 aromatic rings. The molecule has 4 N–H and O–H groups in total. The zero-order chi connectivity index (χ0) is 28.2. The number of anilines is 4. The lowest BCUT2D eigenvalue weighted by molar-refractivity contribution is -0.143. The lowest BCUT2D eigenvalue weighted by atomic mass is 10.1. The van der Waals surface area contributed by atoms with E-state index >= 15 is 0 Å². The van der Waals surface area contributed by atoms with Gasteiger partial charge in [-0.3, -0.25) is 4.79 Å². The monoisotopic (exact) mass is 539 g/mol. The molecule has 2 aromatic heterocycles. The smallest absolute Gasteiger partial charge is 0.318 e. The normalized spacial score (nSPS) is 11.7. The standard InChI is InChI=1S/C32H25N7O2/c33-30-29-31(38-32(34)37-30)35-18-25(36-29)19-39-26-11-5-4-10-23(26)14-15-24-17-21(13-16-27(24)39)9-6-12-28(40)41-20-22-7-2-1-3-8-22/h1-5,7-8,10-11,13-18H,12,19-20H2,(H4,33,34,35,37,38). The van der Waals surface area contributed by atoms with E-state index < -0.39 is 0 Å². The maximum Gasteiger partial charge on any atom is 0.318 e. The zero-order valence-corrected chi connectivity index (χ0v) is 22.0. The van der Waals surface area contributed by atoms with Crippen LogP contribution in [-0.4, -0.2) is 25.9 Å². The van der Waals surface area contributed by atoms with E-state index in [0.717, 1.165) is 33.6 Å². The van der Waals surface area contributed by atoms with Crippen molar-refractivity contribution in [3.05, 3.63) is 107 Å². The van der Waals surface area contributed by atoms with Crippen molar-refractivity contribution in [2.45, 2.75) is 19.6 Å². The van der Waals surface area contributed by atoms with Gasteiger partial charge in [0.2, 0.25) is 5.95 Å². The Hall–Kier alpha value is -5.75. The fourth-order valence-corrected chi connectivity index (χ4v) is 4.59. The molecule has 0 atom stereocenters. The minimum atomic E-state index is -0.358. The SMILES string of the molecule is Nc1nc(N)c2nc(CN3c4ccccc4C=Cc4cc(C#CCC(=O)OCc5ccccc5)ccc43)cnc2n1. The molecular weight excluding hydrogens is 514 g/mol. The highest BCUT2D eigenvalue weighted by Crippen LogP contribution is 2.37. The van der Waals surface area contributed by atoms with Crippen LogP contribution in [0.4, 0.5) is 23.1 Å². The number of hydrogen-bond acceptors (Lipinski definition) is 9. The van der Waals surface area contributed by atoms with Gasteiger partial charge in [-0.2, -0.15) is 9.97 Å². The molecule has 0 unspecified atom stereocenters. The molecule has 1 aliphatic heterocycles. The third-order valence-electron chi connectivity index (χ3n) is 6.52. The number of carbonyl (C=O) groups is 1. The van der Waals surface area contributed by atoms with Gasteiger partial charge in [0.05, 0.1) is 18.4 Å². The van der Waals surface area contributed by atoms with E-state index in [2.05, 4.69) is 56.0 Å². The van der Waals surface area contributed by atoms with Crippen LogP contribution in [0.15, 0.2) is 79.0 Å². The molecule has 3 heterocycles. The number of fused-ring (bicyclic) bond motifs is 3. The molecule has 0 radical (unpaired) electrons. The van der Waals surface area contributed by atoms with Crippen LogP contribution >= 0.6 is 0 Å². The van der Waals surface area contributed by atoms with Crippen LogP contribution in [0, 0.1) is 11.8 Å². The topological polar surface area (TPSA) is 133 Å². The van der Waals surface area contributed by atoms with Gasteiger partial charge in [-0.05, 0) is 41.0 Å². The predicted octanol–water partition coefficient (Wildman–Crippen LogP) is 4.89. The molecule has 0 saturated carbocycles. The number of nitrogens with zero attached hydrogens (tertiary/aromatic N) is 5. The third kappa shape index (κ3) is 5.67. The average Bonchev–Trinajstić information content (AvgIpc) is 3.13. The molecule has 9 heteroatoms. The molecule has 6 rings (SSSR count). The van der Waals surface area contributed by atoms with Crippen molar-refractivity contribution in [3.63, 3.8) is 0 Å². The Morgan fingerprint density at radius 1 is 0.878 bits per heavy atom. The highest BCUT2D eigenvalue weighted by Gasteiger charge is 2.20. The lowest BCUT2D eigenvalue weighted by Gasteiger charge is -2.26. The Bertz CT molecular complexity index is 1860. The van der Waals surface area contributed by atoms with Crippen molar-refractivity contribution in [1.82, 2.24) is 19.9 Å². The minimum Gasteiger partial charge on any atom is -0.460 e. The average molecular weight is 540 g/mol. The van der Waals surface area contributed by atoms with Gasteiger partial charge >= 0.3 is 5.97 Å². The first kappa shape index (κ1) is 25.5. The number of rotatable bonds is 5. The molecule has 9 nitrogen and oxygen atoms in total. The summed E-state index contributed by atoms with van der Waals surface area (Å²) in [5, 5.41) is 0. The summed E-state index contributed by atoms with van der Waals surface area (Å²) in [6.45, 7) is 0.660. The summed E-state index contributed by atoms with van der Waals surface area (Å²) in [6.07, 6.45) is 5.82. The first-order valence-corrected chi connectivity index (χ1v) is 13.0. The second kappa shape index (κ2) is 11.2. The van der Waals surface area contributed by atoms with E-state index in [1.807, 2.05) is 60.7 Å². The van der Waals surface area contributed by atoms with Crippen molar-refractivity contribution >= 4 is 52.4 Å². The van der Waals surface area contributed by atoms with Crippen LogP contribution in [0.3, 0.4) is 0 Å². The van der Waals surface area contributed by atoms with Crippen LogP contribution in [0.1, 0.15) is 34.4 Å². The molecule has 0 amide bonds. The molecule has 200 valence electrons. The Morgan fingerprint density at radius 2 is 1.66 bits per heavy atom. The van der Waals surface area contributed by atoms with Crippen molar-refractivity contribution in [2.24, 2.45) is 0 Å². The summed E-state index contributed by atoms with van der Waals surface area (Å²) in [5.74, 6) is 5.92. The largest absolute Gasteiger partial charge is 0.460 e. The number of para-hydroxylation sites is 1. The fraction of sp³-hybridized carbons (Fsp3) is 0.0938. The second-order valence-corrected chi connectivity index (χ2v) is 9.38. The summed E-state index contributed by atoms with van der Waals surface area (Å²) in [5.41, 5.74) is 19.0. The quantitative estimate of drug-likeness (QED) is 0.236. The summed E-state index contributed by atoms with van der Waals surface area (Å²) < 4.78 is 5.33. The fourth-order valence-electron chi connectivity index (χ4n) is 4.59. The van der Waals surface area contributed by atoms with E-state index in [0.29, 0.717) is 23.4 Å². The van der Waals surface area contributed by atoms with Crippen molar-refractivity contribution in [2.75, 3.05) is 16.4 Å². The number of carbonyl (C=O) groups excluding carboxylic acids is 1. The third-order valence-corrected chi connectivity index (χ3v) is 6.52. The van der Waals surface area contributed by atoms with E-state index in [4.69, 9.17) is 21.2 Å². The molecule has 0 bridgehead atoms. The number of benzene rings is 3. The van der Waals surface area contributed by atoms with Gasteiger partial charge in [0.25, 0.3) is 0 Å². The first-order valence-electron chi connectivity index (χ1n) is 13.0. The predicted molar refractivity (Wildman–Crippen MR) is 159 cm³/mol. The number of esters is 1. The zero-order valence-electron chi connectivity index (χ0n) is 22.0. The number of hydrogen-bond donors (Lipinski definition) is 2. The van der Waals surface area contributed by atoms with Crippen molar-refractivity contribution in [1.29, 1.82) is 0 Å². The molecule has 41 heavy (non-hydrogen) atoms. The van der Waals surface area contributed by atoms with Crippen LogP contribution in [0.5, 0.6) is 0 Å². The minimum absolute atomic E-state index is 0.0104. The summed E-state index contributed by atoms with van der Waals surface area (Å²) >= 11 is 0. The Balaban J connectivity index is 1.25. The van der Waals surface area contributed by atoms with E-state index in [-0.39, 0.29) is 30.8 Å². The number of ether oxygens (including phenoxy) is 1. The summed E-state index contributed by atoms with van der Waals surface area (Å²) in [4.78, 5) is 31.6. The van der Waals surface area contributed by atoms with Gasteiger partial charge < -0.3 is 21.1 Å². The lowest BCUT2D eigenvalue weighted by Crippen LogP contribution is -2.19. The number of aromatic nitrogens is 4. The molecule has 0 spiro atoms. The molecule has 1 aliphatic rings. The van der Waals surface area contributed by atoms with Gasteiger partial charge in [-0.25, -0.2) is 9.97 Å². The van der Waals surface area contributed by atoms with E-state index in [9.17, 15) is 4.79 Å². The maximum atomic E-state index is 12.2. The Labute approximate surface area is 236 Å². The highest BCUT2D eigenvalue weighted by molar-refractivity contribution is 5.89. The Kier molecular flexibility index (Phi) is 6.95. The van der Waals surface area contributed by atoms with Crippen LogP contribution in [0.25, 0.3) is 23.3 Å². The highest BCUT2D eigenvalue weighted by atomic mass is 16.5. The molecule has 0 aliphatic carbocycles. The van der Waals surface area contributed by atoms with Crippen molar-refractivity contribution in [3.8, 4) is 11.8 Å². The van der Waals surface area contributed by atoms with Gasteiger partial charge in [0.1, 0.15) is 13.0 Å². The van der Waals surface area contributed by atoms with Gasteiger partial charge in [0.15, 0.2) is 17.0 Å². The maximum absolute atomic E-state index is 12.2. The van der Waals surface area contributed by atoms with Gasteiger partial charge in [0, 0.05) is 16.9 Å². The summed E-state index contributed by atoms with van der Waals surface area (Å²) in [7, 11) is 0. The number of nitrogen functional groups attached to an aromatic ring is 2. The molecule has 0 saturated heterocycles. The molecule has 3 aromatic carbocycles. The molecule has 0 fully saturated rings. The van der Waals surface area contributed by atoms with Gasteiger partial charge in [-0.15, -0.1) is 0 Å². The Morgan fingerprint density at radius 3 is 2.54 bits per heavy atom. The molecular formula is C32H25N7O2. The van der Waals surface area contributed by atoms with Crippen molar-refractivity contribution < 1.29 is 9.53 Å². The van der Waals surface area contributed by atoms with Gasteiger partial charge in [-0.1, -0.05) is 72.5 Å². The van der Waals surface area contributed by atoms with Crippen LogP contribution < -0.4 is 16.4 Å². The number of nitrogens with two attached hydrogens (primary N) is 2. The first-order chi connectivity index (χ1) is 20.0.